The Labute approximate surface area is 96.0 Å². The topological polar surface area (TPSA) is 0 Å². The van der Waals surface area contributed by atoms with Crippen molar-refractivity contribution < 1.29 is 0 Å². The van der Waals surface area contributed by atoms with Crippen molar-refractivity contribution in [1.82, 2.24) is 0 Å². The van der Waals surface area contributed by atoms with Crippen molar-refractivity contribution in [3.8, 4) is 0 Å². The van der Waals surface area contributed by atoms with E-state index in [0.717, 1.165) is 9.36 Å². The number of thiophene rings is 1. The van der Waals surface area contributed by atoms with Crippen LogP contribution in [0.15, 0.2) is 52.8 Å². The molecule has 14 heavy (non-hydrogen) atoms. The SMILES string of the molecule is C=C(c1ccccc1)c1ccc(Br)s1. The molecule has 0 unspecified atom stereocenters. The molecular weight excluding hydrogens is 256 g/mol. The Morgan fingerprint density at radius 3 is 2.36 bits per heavy atom. The van der Waals surface area contributed by atoms with Gasteiger partial charge in [0.2, 0.25) is 0 Å². The first-order valence-corrected chi connectivity index (χ1v) is 5.88. The maximum absolute atomic E-state index is 4.10. The van der Waals surface area contributed by atoms with Crippen molar-refractivity contribution >= 4 is 32.8 Å². The second-order valence-corrected chi connectivity index (χ2v) is 5.41. The number of hydrogen-bond acceptors (Lipinski definition) is 1. The second-order valence-electron chi connectivity index (χ2n) is 2.95. The average molecular weight is 265 g/mol. The lowest BCUT2D eigenvalue weighted by Gasteiger charge is -2.01. The van der Waals surface area contributed by atoms with Gasteiger partial charge in [0.05, 0.1) is 3.79 Å². The van der Waals surface area contributed by atoms with Gasteiger partial charge in [0.25, 0.3) is 0 Å². The van der Waals surface area contributed by atoms with Gasteiger partial charge in [0.1, 0.15) is 0 Å². The van der Waals surface area contributed by atoms with Gasteiger partial charge in [-0.15, -0.1) is 11.3 Å². The summed E-state index contributed by atoms with van der Waals surface area (Å²) in [5.41, 5.74) is 2.27. The zero-order chi connectivity index (χ0) is 9.97. The molecule has 2 rings (SSSR count). The van der Waals surface area contributed by atoms with Gasteiger partial charge in [0, 0.05) is 4.88 Å². The molecule has 1 aromatic heterocycles. The summed E-state index contributed by atoms with van der Waals surface area (Å²) in [7, 11) is 0. The smallest absolute Gasteiger partial charge is 0.0705 e. The molecule has 2 heteroatoms. The normalized spacial score (nSPS) is 10.1. The van der Waals surface area contributed by atoms with E-state index in [-0.39, 0.29) is 0 Å². The van der Waals surface area contributed by atoms with Crippen LogP contribution in [0, 0.1) is 0 Å². The summed E-state index contributed by atoms with van der Waals surface area (Å²) in [5.74, 6) is 0. The molecule has 0 nitrogen and oxygen atoms in total. The summed E-state index contributed by atoms with van der Waals surface area (Å²) < 4.78 is 1.14. The Hall–Kier alpha value is -0.860. The van der Waals surface area contributed by atoms with Crippen molar-refractivity contribution in [2.45, 2.75) is 0 Å². The lowest BCUT2D eigenvalue weighted by molar-refractivity contribution is 1.62. The Morgan fingerprint density at radius 1 is 1.07 bits per heavy atom. The summed E-state index contributed by atoms with van der Waals surface area (Å²) in [6, 6.07) is 14.4. The highest BCUT2D eigenvalue weighted by molar-refractivity contribution is 9.11. The van der Waals surface area contributed by atoms with Crippen molar-refractivity contribution in [2.75, 3.05) is 0 Å². The first-order chi connectivity index (χ1) is 6.77. The van der Waals surface area contributed by atoms with E-state index in [1.54, 1.807) is 11.3 Å². The van der Waals surface area contributed by atoms with Crippen LogP contribution < -0.4 is 0 Å². The third-order valence-corrected chi connectivity index (χ3v) is 3.68. The van der Waals surface area contributed by atoms with Crippen molar-refractivity contribution in [1.29, 1.82) is 0 Å². The maximum atomic E-state index is 4.10. The molecule has 0 saturated heterocycles. The van der Waals surface area contributed by atoms with Gasteiger partial charge in [0.15, 0.2) is 0 Å². The minimum absolute atomic E-state index is 1.08. The zero-order valence-electron chi connectivity index (χ0n) is 7.53. The van der Waals surface area contributed by atoms with Crippen molar-refractivity contribution in [2.24, 2.45) is 0 Å². The van der Waals surface area contributed by atoms with Crippen LogP contribution >= 0.6 is 27.3 Å². The van der Waals surface area contributed by atoms with Crippen LogP contribution in [0.1, 0.15) is 10.4 Å². The third kappa shape index (κ3) is 1.97. The Bertz CT molecular complexity index is 442. The lowest BCUT2D eigenvalue weighted by atomic mass is 10.1. The van der Waals surface area contributed by atoms with Gasteiger partial charge in [-0.2, -0.15) is 0 Å². The van der Waals surface area contributed by atoms with E-state index >= 15 is 0 Å². The molecule has 0 aliphatic heterocycles. The highest BCUT2D eigenvalue weighted by atomic mass is 79.9. The molecule has 0 atom stereocenters. The maximum Gasteiger partial charge on any atom is 0.0705 e. The molecular formula is C12H9BrS. The van der Waals surface area contributed by atoms with E-state index in [0.29, 0.717) is 0 Å². The molecule has 1 heterocycles. The van der Waals surface area contributed by atoms with E-state index < -0.39 is 0 Å². The van der Waals surface area contributed by atoms with Crippen LogP contribution in [0.5, 0.6) is 0 Å². The molecule has 0 bridgehead atoms. The first kappa shape index (κ1) is 9.69. The third-order valence-electron chi connectivity index (χ3n) is 1.99. The predicted molar refractivity (Wildman–Crippen MR) is 66.6 cm³/mol. The summed E-state index contributed by atoms with van der Waals surface area (Å²) in [6.45, 7) is 4.10. The van der Waals surface area contributed by atoms with Crippen LogP contribution in [-0.4, -0.2) is 0 Å². The van der Waals surface area contributed by atoms with Gasteiger partial charge < -0.3 is 0 Å². The monoisotopic (exact) mass is 264 g/mol. The van der Waals surface area contributed by atoms with Gasteiger partial charge >= 0.3 is 0 Å². The number of halogens is 1. The van der Waals surface area contributed by atoms with Gasteiger partial charge in [-0.1, -0.05) is 36.9 Å². The molecule has 0 aliphatic carbocycles. The Kier molecular flexibility index (Phi) is 2.85. The Morgan fingerprint density at radius 2 is 1.79 bits per heavy atom. The molecule has 1 aromatic carbocycles. The molecule has 0 spiro atoms. The zero-order valence-corrected chi connectivity index (χ0v) is 9.94. The molecule has 0 N–H and O–H groups in total. The van der Waals surface area contributed by atoms with E-state index in [4.69, 9.17) is 0 Å². The highest BCUT2D eigenvalue weighted by Crippen LogP contribution is 2.30. The molecule has 0 aliphatic rings. The summed E-state index contributed by atoms with van der Waals surface area (Å²) in [6.07, 6.45) is 0. The largest absolute Gasteiger partial charge is 0.128 e. The first-order valence-electron chi connectivity index (χ1n) is 4.27. The Balaban J connectivity index is 2.34. The quantitative estimate of drug-likeness (QED) is 0.746. The second kappa shape index (κ2) is 4.11. The fourth-order valence-corrected chi connectivity index (χ4v) is 2.64. The summed E-state index contributed by atoms with van der Waals surface area (Å²) >= 11 is 5.16. The van der Waals surface area contributed by atoms with Crippen LogP contribution in [0.2, 0.25) is 0 Å². The predicted octanol–water partition coefficient (Wildman–Crippen LogP) is 4.57. The fraction of sp³-hybridized carbons (Fsp3) is 0. The van der Waals surface area contributed by atoms with Crippen molar-refractivity contribution in [3.63, 3.8) is 0 Å². The van der Waals surface area contributed by atoms with E-state index in [9.17, 15) is 0 Å². The van der Waals surface area contributed by atoms with Crippen LogP contribution in [-0.2, 0) is 0 Å². The molecule has 0 fully saturated rings. The van der Waals surface area contributed by atoms with E-state index in [1.165, 1.54) is 10.4 Å². The van der Waals surface area contributed by atoms with Crippen molar-refractivity contribution in [3.05, 3.63) is 63.3 Å². The van der Waals surface area contributed by atoms with Crippen LogP contribution in [0.3, 0.4) is 0 Å². The lowest BCUT2D eigenvalue weighted by Crippen LogP contribution is -1.80. The molecule has 0 radical (unpaired) electrons. The number of rotatable bonds is 2. The van der Waals surface area contributed by atoms with Gasteiger partial charge in [-0.25, -0.2) is 0 Å². The highest BCUT2D eigenvalue weighted by Gasteiger charge is 2.03. The minimum Gasteiger partial charge on any atom is -0.128 e. The number of benzene rings is 1. The van der Waals surface area contributed by atoms with E-state index in [1.807, 2.05) is 24.3 Å². The molecule has 70 valence electrons. The fourth-order valence-electron chi connectivity index (χ4n) is 1.26. The molecule has 0 amide bonds. The summed E-state index contributed by atoms with van der Waals surface area (Å²) in [5, 5.41) is 0. The molecule has 0 saturated carbocycles. The average Bonchev–Trinajstić information content (AvgIpc) is 2.65. The number of hydrogen-bond donors (Lipinski definition) is 0. The van der Waals surface area contributed by atoms with E-state index in [2.05, 4.69) is 40.7 Å². The standard InChI is InChI=1S/C12H9BrS/c1-9(10-5-3-2-4-6-10)11-7-8-12(13)14-11/h2-8H,1H2. The van der Waals surface area contributed by atoms with Crippen LogP contribution in [0.25, 0.3) is 5.57 Å². The minimum atomic E-state index is 1.08. The van der Waals surface area contributed by atoms with Gasteiger partial charge in [-0.3, -0.25) is 0 Å². The summed E-state index contributed by atoms with van der Waals surface area (Å²) in [4.78, 5) is 1.21. The van der Waals surface area contributed by atoms with Gasteiger partial charge in [-0.05, 0) is 39.2 Å². The molecule has 2 aromatic rings. The van der Waals surface area contributed by atoms with Crippen LogP contribution in [0.4, 0.5) is 0 Å².